The van der Waals surface area contributed by atoms with E-state index >= 15 is 0 Å². The second-order valence-electron chi connectivity index (χ2n) is 2.63. The molecule has 1 aromatic carbocycles. The van der Waals surface area contributed by atoms with Gasteiger partial charge in [-0.3, -0.25) is 9.67 Å². The summed E-state index contributed by atoms with van der Waals surface area (Å²) in [4.78, 5) is 0. The van der Waals surface area contributed by atoms with Crippen molar-refractivity contribution in [1.29, 1.82) is 0 Å². The van der Waals surface area contributed by atoms with E-state index in [1.54, 1.807) is 17.0 Å². The van der Waals surface area contributed by atoms with Gasteiger partial charge >= 0.3 is 0 Å². The van der Waals surface area contributed by atoms with Gasteiger partial charge in [0.2, 0.25) is 0 Å². The Balaban J connectivity index is 2.63. The monoisotopic (exact) mass is 289 g/mol. The summed E-state index contributed by atoms with van der Waals surface area (Å²) in [6.07, 6.45) is 1.62. The first-order valence-electron chi connectivity index (χ1n) is 3.76. The van der Waals surface area contributed by atoms with Gasteiger partial charge in [-0.15, -0.1) is 0 Å². The van der Waals surface area contributed by atoms with Crippen LogP contribution in [0.25, 0.3) is 5.69 Å². The predicted molar refractivity (Wildman–Crippen MR) is 61.5 cm³/mol. The molecule has 1 heterocycles. The van der Waals surface area contributed by atoms with Gasteiger partial charge in [0.05, 0.1) is 5.69 Å². The molecule has 0 saturated carbocycles. The van der Waals surface area contributed by atoms with Crippen LogP contribution in [0, 0.1) is 4.77 Å². The molecule has 0 radical (unpaired) electrons. The number of nitrogens with one attached hydrogen (secondary N) is 1. The molecular weight excluding hydrogens is 286 g/mol. The second kappa shape index (κ2) is 3.84. The van der Waals surface area contributed by atoms with Crippen LogP contribution in [-0.4, -0.2) is 14.8 Å². The Kier molecular flexibility index (Phi) is 2.71. The summed E-state index contributed by atoms with van der Waals surface area (Å²) in [6, 6.07) is 5.49. The Labute approximate surface area is 98.8 Å². The van der Waals surface area contributed by atoms with E-state index in [1.165, 1.54) is 0 Å². The number of aromatic nitrogens is 3. The molecule has 0 fully saturated rings. The lowest BCUT2D eigenvalue weighted by Gasteiger charge is -2.04. The van der Waals surface area contributed by atoms with Crippen LogP contribution in [0.1, 0.15) is 0 Å². The molecule has 6 heteroatoms. The van der Waals surface area contributed by atoms with E-state index in [0.717, 1.165) is 10.2 Å². The minimum Gasteiger partial charge on any atom is -0.274 e. The zero-order chi connectivity index (χ0) is 10.1. The zero-order valence-electron chi connectivity index (χ0n) is 6.87. The van der Waals surface area contributed by atoms with Crippen LogP contribution in [-0.2, 0) is 0 Å². The molecule has 0 bridgehead atoms. The molecule has 3 nitrogen and oxygen atoms in total. The van der Waals surface area contributed by atoms with Gasteiger partial charge in [0, 0.05) is 9.50 Å². The molecule has 2 aromatic rings. The van der Waals surface area contributed by atoms with Gasteiger partial charge in [-0.25, -0.2) is 0 Å². The van der Waals surface area contributed by atoms with Crippen LogP contribution in [0.2, 0.25) is 5.02 Å². The van der Waals surface area contributed by atoms with Crippen LogP contribution >= 0.6 is 39.7 Å². The highest BCUT2D eigenvalue weighted by molar-refractivity contribution is 9.10. The smallest absolute Gasteiger partial charge is 0.199 e. The van der Waals surface area contributed by atoms with Crippen LogP contribution in [0.4, 0.5) is 0 Å². The highest BCUT2D eigenvalue weighted by Crippen LogP contribution is 2.24. The lowest BCUT2D eigenvalue weighted by atomic mass is 10.3. The van der Waals surface area contributed by atoms with Gasteiger partial charge < -0.3 is 0 Å². The third-order valence-electron chi connectivity index (χ3n) is 1.72. The number of halogens is 2. The van der Waals surface area contributed by atoms with Crippen LogP contribution in [0.5, 0.6) is 0 Å². The molecule has 0 atom stereocenters. The van der Waals surface area contributed by atoms with Gasteiger partial charge in [0.25, 0.3) is 0 Å². The van der Waals surface area contributed by atoms with Crippen molar-refractivity contribution in [2.24, 2.45) is 0 Å². The lowest BCUT2D eigenvalue weighted by molar-refractivity contribution is 1.02. The standard InChI is InChI=1S/C8H5BrClN3S/c9-6-3-5(10)1-2-7(6)13-4-11-12-8(13)14/h1-4H,(H,12,14). The number of aromatic amines is 1. The van der Waals surface area contributed by atoms with E-state index in [4.69, 9.17) is 23.8 Å². The van der Waals surface area contributed by atoms with Crippen molar-refractivity contribution >= 4 is 39.7 Å². The highest BCUT2D eigenvalue weighted by Gasteiger charge is 2.03. The maximum absolute atomic E-state index is 5.83. The highest BCUT2D eigenvalue weighted by atomic mass is 79.9. The van der Waals surface area contributed by atoms with Crippen LogP contribution in [0.3, 0.4) is 0 Å². The molecule has 0 aliphatic heterocycles. The fraction of sp³-hybridized carbons (Fsp3) is 0. The minimum atomic E-state index is 0.549. The number of nitrogens with zero attached hydrogens (tertiary/aromatic N) is 2. The third kappa shape index (κ3) is 1.75. The first-order chi connectivity index (χ1) is 6.68. The fourth-order valence-corrected chi connectivity index (χ4v) is 2.17. The van der Waals surface area contributed by atoms with Crippen molar-refractivity contribution in [3.8, 4) is 5.69 Å². The maximum atomic E-state index is 5.83. The van der Waals surface area contributed by atoms with Gasteiger partial charge in [0.15, 0.2) is 4.77 Å². The molecule has 0 amide bonds. The van der Waals surface area contributed by atoms with Crippen molar-refractivity contribution in [3.05, 3.63) is 38.8 Å². The molecule has 0 unspecified atom stereocenters. The van der Waals surface area contributed by atoms with Crippen molar-refractivity contribution < 1.29 is 0 Å². The number of H-pyrrole nitrogens is 1. The summed E-state index contributed by atoms with van der Waals surface area (Å²) >= 11 is 14.3. The van der Waals surface area contributed by atoms with Crippen molar-refractivity contribution in [3.63, 3.8) is 0 Å². The first kappa shape index (κ1) is 9.89. The lowest BCUT2D eigenvalue weighted by Crippen LogP contribution is -1.93. The SMILES string of the molecule is S=c1[nH]ncn1-c1ccc(Cl)cc1Br. The number of rotatable bonds is 1. The van der Waals surface area contributed by atoms with Gasteiger partial charge in [-0.05, 0) is 46.3 Å². The average molecular weight is 291 g/mol. The molecule has 0 saturated heterocycles. The largest absolute Gasteiger partial charge is 0.274 e. The van der Waals surface area contributed by atoms with E-state index in [-0.39, 0.29) is 0 Å². The molecule has 1 N–H and O–H groups in total. The summed E-state index contributed by atoms with van der Waals surface area (Å²) in [5.41, 5.74) is 0.910. The molecule has 14 heavy (non-hydrogen) atoms. The number of hydrogen-bond acceptors (Lipinski definition) is 2. The van der Waals surface area contributed by atoms with E-state index in [2.05, 4.69) is 26.1 Å². The molecular formula is C8H5BrClN3S. The quantitative estimate of drug-likeness (QED) is 0.817. The molecule has 0 spiro atoms. The van der Waals surface area contributed by atoms with Crippen LogP contribution < -0.4 is 0 Å². The molecule has 1 aromatic heterocycles. The summed E-state index contributed by atoms with van der Waals surface area (Å²) in [5.74, 6) is 0. The summed E-state index contributed by atoms with van der Waals surface area (Å²) in [6.45, 7) is 0. The van der Waals surface area contributed by atoms with Crippen molar-refractivity contribution in [1.82, 2.24) is 14.8 Å². The summed E-state index contributed by atoms with van der Waals surface area (Å²) in [7, 11) is 0. The van der Waals surface area contributed by atoms with Gasteiger partial charge in [-0.2, -0.15) is 5.10 Å². The Morgan fingerprint density at radius 1 is 1.50 bits per heavy atom. The van der Waals surface area contributed by atoms with E-state index < -0.39 is 0 Å². The Morgan fingerprint density at radius 2 is 2.29 bits per heavy atom. The van der Waals surface area contributed by atoms with E-state index in [0.29, 0.717) is 9.79 Å². The van der Waals surface area contributed by atoms with Crippen molar-refractivity contribution in [2.45, 2.75) is 0 Å². The molecule has 72 valence electrons. The van der Waals surface area contributed by atoms with E-state index in [9.17, 15) is 0 Å². The second-order valence-corrected chi connectivity index (χ2v) is 4.30. The third-order valence-corrected chi connectivity index (χ3v) is 2.88. The Morgan fingerprint density at radius 3 is 2.86 bits per heavy atom. The summed E-state index contributed by atoms with van der Waals surface area (Å²) in [5, 5.41) is 7.20. The predicted octanol–water partition coefficient (Wildman–Crippen LogP) is 3.35. The van der Waals surface area contributed by atoms with E-state index in [1.807, 2.05) is 12.1 Å². The maximum Gasteiger partial charge on any atom is 0.199 e. The first-order valence-corrected chi connectivity index (χ1v) is 5.34. The normalized spacial score (nSPS) is 10.4. The average Bonchev–Trinajstić information content (AvgIpc) is 2.52. The Hall–Kier alpha value is -0.650. The number of hydrogen-bond donors (Lipinski definition) is 1. The van der Waals surface area contributed by atoms with Gasteiger partial charge in [-0.1, -0.05) is 11.6 Å². The topological polar surface area (TPSA) is 33.6 Å². The molecule has 0 aliphatic rings. The molecule has 0 aliphatic carbocycles. The number of benzene rings is 1. The van der Waals surface area contributed by atoms with Crippen molar-refractivity contribution in [2.75, 3.05) is 0 Å². The zero-order valence-corrected chi connectivity index (χ0v) is 10.0. The molecule has 2 rings (SSSR count). The van der Waals surface area contributed by atoms with Gasteiger partial charge in [0.1, 0.15) is 6.33 Å². The fourth-order valence-electron chi connectivity index (χ4n) is 1.10. The summed E-state index contributed by atoms with van der Waals surface area (Å²) < 4.78 is 3.19. The minimum absolute atomic E-state index is 0.549. The van der Waals surface area contributed by atoms with Crippen LogP contribution in [0.15, 0.2) is 29.0 Å². The Bertz CT molecular complexity index is 519.